The molecule has 0 aliphatic heterocycles. The average Bonchev–Trinajstić information content (AvgIpc) is 2.52. The number of hydrogen-bond acceptors (Lipinski definition) is 2. The zero-order chi connectivity index (χ0) is 14.9. The summed E-state index contributed by atoms with van der Waals surface area (Å²) < 4.78 is 12.7. The van der Waals surface area contributed by atoms with E-state index in [1.54, 1.807) is 24.4 Å². The van der Waals surface area contributed by atoms with Gasteiger partial charge >= 0.3 is 0 Å². The second-order valence-electron chi connectivity index (χ2n) is 4.90. The SMILES string of the molecule is O=C(/C=C/CCc1cccnc1)CCc1ccc(F)cc1. The van der Waals surface area contributed by atoms with E-state index in [0.29, 0.717) is 12.8 Å². The van der Waals surface area contributed by atoms with Crippen LogP contribution in [0.15, 0.2) is 60.9 Å². The largest absolute Gasteiger partial charge is 0.295 e. The Hall–Kier alpha value is -2.29. The molecule has 0 atom stereocenters. The summed E-state index contributed by atoms with van der Waals surface area (Å²) >= 11 is 0. The molecule has 0 unspecified atom stereocenters. The van der Waals surface area contributed by atoms with Crippen molar-refractivity contribution in [1.29, 1.82) is 0 Å². The Morgan fingerprint density at radius 3 is 2.62 bits per heavy atom. The zero-order valence-electron chi connectivity index (χ0n) is 11.8. The minimum atomic E-state index is -0.250. The molecule has 2 nitrogen and oxygen atoms in total. The molecule has 1 heterocycles. The number of halogens is 1. The molecule has 0 amide bonds. The normalized spacial score (nSPS) is 10.9. The van der Waals surface area contributed by atoms with Crippen molar-refractivity contribution in [2.24, 2.45) is 0 Å². The Morgan fingerprint density at radius 2 is 1.90 bits per heavy atom. The molecule has 3 heteroatoms. The number of rotatable bonds is 7. The molecule has 1 aromatic heterocycles. The van der Waals surface area contributed by atoms with Gasteiger partial charge in [0.15, 0.2) is 5.78 Å². The van der Waals surface area contributed by atoms with Crippen molar-refractivity contribution >= 4 is 5.78 Å². The minimum absolute atomic E-state index is 0.102. The number of benzene rings is 1. The van der Waals surface area contributed by atoms with Gasteiger partial charge in [-0.1, -0.05) is 24.3 Å². The van der Waals surface area contributed by atoms with Crippen LogP contribution in [-0.4, -0.2) is 10.8 Å². The number of aromatic nitrogens is 1. The Balaban J connectivity index is 1.69. The molecular formula is C18H18FNO. The zero-order valence-corrected chi connectivity index (χ0v) is 11.8. The Labute approximate surface area is 124 Å². The summed E-state index contributed by atoms with van der Waals surface area (Å²) in [5, 5.41) is 0. The van der Waals surface area contributed by atoms with Crippen molar-refractivity contribution in [3.8, 4) is 0 Å². The Bertz CT molecular complexity index is 590. The summed E-state index contributed by atoms with van der Waals surface area (Å²) in [5.41, 5.74) is 2.15. The first kappa shape index (κ1) is 15.1. The summed E-state index contributed by atoms with van der Waals surface area (Å²) in [5.74, 6) is -0.147. The van der Waals surface area contributed by atoms with Crippen LogP contribution in [0.25, 0.3) is 0 Å². The highest BCUT2D eigenvalue weighted by atomic mass is 19.1. The summed E-state index contributed by atoms with van der Waals surface area (Å²) in [6.07, 6.45) is 9.94. The molecule has 0 spiro atoms. The fourth-order valence-corrected chi connectivity index (χ4v) is 2.01. The monoisotopic (exact) mass is 283 g/mol. The first-order chi connectivity index (χ1) is 10.2. The molecule has 0 aliphatic carbocycles. The van der Waals surface area contributed by atoms with Crippen molar-refractivity contribution in [3.63, 3.8) is 0 Å². The van der Waals surface area contributed by atoms with Gasteiger partial charge in [-0.15, -0.1) is 0 Å². The minimum Gasteiger partial charge on any atom is -0.295 e. The lowest BCUT2D eigenvalue weighted by Crippen LogP contribution is -1.96. The highest BCUT2D eigenvalue weighted by Gasteiger charge is 1.99. The van der Waals surface area contributed by atoms with Gasteiger partial charge in [0.1, 0.15) is 5.82 Å². The standard InChI is InChI=1S/C18H18FNO/c19-17-10-7-15(8-11-17)9-12-18(21)6-2-1-4-16-5-3-13-20-14-16/h2-3,5-8,10-11,13-14H,1,4,9,12H2/b6-2+. The van der Waals surface area contributed by atoms with Gasteiger partial charge in [-0.05, 0) is 54.7 Å². The fourth-order valence-electron chi connectivity index (χ4n) is 2.01. The molecule has 0 bridgehead atoms. The van der Waals surface area contributed by atoms with Crippen molar-refractivity contribution in [2.45, 2.75) is 25.7 Å². The second kappa shape index (κ2) is 8.10. The molecule has 1 aromatic carbocycles. The average molecular weight is 283 g/mol. The number of ketones is 1. The van der Waals surface area contributed by atoms with E-state index in [1.807, 2.05) is 24.4 Å². The smallest absolute Gasteiger partial charge is 0.155 e. The third kappa shape index (κ3) is 5.69. The van der Waals surface area contributed by atoms with E-state index in [4.69, 9.17) is 0 Å². The predicted octanol–water partition coefficient (Wildman–Crippen LogP) is 3.91. The lowest BCUT2D eigenvalue weighted by Gasteiger charge is -1.99. The molecule has 0 N–H and O–H groups in total. The molecule has 2 aromatic rings. The van der Waals surface area contributed by atoms with Gasteiger partial charge < -0.3 is 0 Å². The number of aryl methyl sites for hydroxylation is 2. The molecular weight excluding hydrogens is 265 g/mol. The van der Waals surface area contributed by atoms with Crippen molar-refractivity contribution in [2.75, 3.05) is 0 Å². The van der Waals surface area contributed by atoms with E-state index < -0.39 is 0 Å². The molecule has 21 heavy (non-hydrogen) atoms. The Morgan fingerprint density at radius 1 is 1.10 bits per heavy atom. The number of carbonyl (C=O) groups is 1. The number of hydrogen-bond donors (Lipinski definition) is 0. The lowest BCUT2D eigenvalue weighted by molar-refractivity contribution is -0.114. The van der Waals surface area contributed by atoms with Crippen LogP contribution >= 0.6 is 0 Å². The van der Waals surface area contributed by atoms with Gasteiger partial charge in [0.2, 0.25) is 0 Å². The maximum absolute atomic E-state index is 12.7. The molecule has 0 saturated carbocycles. The van der Waals surface area contributed by atoms with Crippen LogP contribution in [0.2, 0.25) is 0 Å². The van der Waals surface area contributed by atoms with Gasteiger partial charge in [-0.25, -0.2) is 4.39 Å². The van der Waals surface area contributed by atoms with Gasteiger partial charge in [0.25, 0.3) is 0 Å². The summed E-state index contributed by atoms with van der Waals surface area (Å²) in [7, 11) is 0. The first-order valence-electron chi connectivity index (χ1n) is 7.07. The molecule has 0 radical (unpaired) electrons. The maximum Gasteiger partial charge on any atom is 0.155 e. The molecule has 0 aliphatic rings. The van der Waals surface area contributed by atoms with Gasteiger partial charge in [0, 0.05) is 18.8 Å². The van der Waals surface area contributed by atoms with E-state index in [9.17, 15) is 9.18 Å². The van der Waals surface area contributed by atoms with Gasteiger partial charge in [-0.2, -0.15) is 0 Å². The number of nitrogens with zero attached hydrogens (tertiary/aromatic N) is 1. The third-order valence-electron chi connectivity index (χ3n) is 3.20. The van der Waals surface area contributed by atoms with Gasteiger partial charge in [-0.3, -0.25) is 9.78 Å². The third-order valence-corrected chi connectivity index (χ3v) is 3.20. The molecule has 2 rings (SSSR count). The van der Waals surface area contributed by atoms with Crippen LogP contribution in [0.3, 0.4) is 0 Å². The molecule has 0 saturated heterocycles. The first-order valence-corrected chi connectivity index (χ1v) is 7.07. The van der Waals surface area contributed by atoms with Crippen molar-refractivity contribution < 1.29 is 9.18 Å². The Kier molecular flexibility index (Phi) is 5.83. The van der Waals surface area contributed by atoms with Crippen LogP contribution in [0, 0.1) is 5.82 Å². The van der Waals surface area contributed by atoms with Crippen LogP contribution in [0.1, 0.15) is 24.0 Å². The fraction of sp³-hybridized carbons (Fsp3) is 0.222. The highest BCUT2D eigenvalue weighted by molar-refractivity contribution is 5.89. The summed E-state index contributed by atoms with van der Waals surface area (Å²) in [6.45, 7) is 0. The van der Waals surface area contributed by atoms with Gasteiger partial charge in [0.05, 0.1) is 0 Å². The summed E-state index contributed by atoms with van der Waals surface area (Å²) in [6, 6.07) is 10.2. The highest BCUT2D eigenvalue weighted by Crippen LogP contribution is 2.06. The van der Waals surface area contributed by atoms with E-state index in [2.05, 4.69) is 4.98 Å². The quantitative estimate of drug-likeness (QED) is 0.721. The second-order valence-corrected chi connectivity index (χ2v) is 4.90. The van der Waals surface area contributed by atoms with E-state index in [-0.39, 0.29) is 11.6 Å². The topological polar surface area (TPSA) is 30.0 Å². The van der Waals surface area contributed by atoms with E-state index >= 15 is 0 Å². The van der Waals surface area contributed by atoms with Crippen LogP contribution in [0.5, 0.6) is 0 Å². The van der Waals surface area contributed by atoms with Crippen molar-refractivity contribution in [3.05, 3.63) is 77.9 Å². The molecule has 108 valence electrons. The maximum atomic E-state index is 12.7. The number of pyridine rings is 1. The van der Waals surface area contributed by atoms with E-state index in [1.165, 1.54) is 17.7 Å². The number of allylic oxidation sites excluding steroid dienone is 2. The van der Waals surface area contributed by atoms with Crippen LogP contribution < -0.4 is 0 Å². The van der Waals surface area contributed by atoms with Crippen molar-refractivity contribution in [1.82, 2.24) is 4.98 Å². The van der Waals surface area contributed by atoms with Crippen LogP contribution in [0.4, 0.5) is 4.39 Å². The number of carbonyl (C=O) groups excluding carboxylic acids is 1. The summed E-state index contributed by atoms with van der Waals surface area (Å²) in [4.78, 5) is 15.8. The lowest BCUT2D eigenvalue weighted by atomic mass is 10.1. The van der Waals surface area contributed by atoms with Crippen LogP contribution in [-0.2, 0) is 17.6 Å². The molecule has 0 fully saturated rings. The van der Waals surface area contributed by atoms with E-state index in [0.717, 1.165) is 18.4 Å². The predicted molar refractivity (Wildman–Crippen MR) is 81.4 cm³/mol.